The summed E-state index contributed by atoms with van der Waals surface area (Å²) in [7, 11) is 0. The summed E-state index contributed by atoms with van der Waals surface area (Å²) < 4.78 is 7.31. The second-order valence-corrected chi connectivity index (χ2v) is 11.8. The molecule has 0 aliphatic heterocycles. The minimum atomic E-state index is -0.713. The van der Waals surface area contributed by atoms with Crippen LogP contribution in [0.3, 0.4) is 0 Å². The lowest BCUT2D eigenvalue weighted by Gasteiger charge is -2.31. The topological polar surface area (TPSA) is 105 Å². The van der Waals surface area contributed by atoms with E-state index in [1.54, 1.807) is 27.7 Å². The van der Waals surface area contributed by atoms with Crippen LogP contribution < -0.4 is 10.6 Å². The molecular formula is C32H42N4O4. The van der Waals surface area contributed by atoms with E-state index in [1.165, 1.54) is 0 Å². The van der Waals surface area contributed by atoms with Crippen LogP contribution in [-0.4, -0.2) is 38.5 Å². The zero-order chi connectivity index (χ0) is 28.9. The Morgan fingerprint density at radius 1 is 1.05 bits per heavy atom. The van der Waals surface area contributed by atoms with E-state index in [0.29, 0.717) is 12.2 Å². The van der Waals surface area contributed by atoms with Crippen molar-refractivity contribution in [3.05, 3.63) is 71.5 Å². The number of carbonyl (C=O) groups excluding carboxylic acids is 2. The zero-order valence-corrected chi connectivity index (χ0v) is 24.2. The van der Waals surface area contributed by atoms with Gasteiger partial charge in [0.1, 0.15) is 11.6 Å². The first-order valence-corrected chi connectivity index (χ1v) is 14.2. The average Bonchev–Trinajstić information content (AvgIpc) is 3.23. The van der Waals surface area contributed by atoms with E-state index >= 15 is 0 Å². The van der Waals surface area contributed by atoms with E-state index in [-0.39, 0.29) is 11.8 Å². The second kappa shape index (κ2) is 12.7. The number of alkyl carbamates (subject to hydrolysis) is 1. The van der Waals surface area contributed by atoms with Crippen molar-refractivity contribution in [3.63, 3.8) is 0 Å². The molecule has 2 unspecified atom stereocenters. The number of carbonyl (C=O) groups is 2. The number of aliphatic hydroxyl groups is 1. The number of nitrogens with zero attached hydrogens (tertiary/aromatic N) is 2. The standard InChI is InChI=1S/C32H42N4O4/c1-21-27(29(22(2)37)36(35-21)20-23-12-8-6-9-13-23)24-16-18-26(19-17-24)33-30(38)28(25-14-10-7-11-15-25)34-31(39)40-32(3,4)5/h6,8-9,12-13,16-19,22,25,28,37H,7,10-11,14-15,20H2,1-5H3,(H,33,38)(H,34,39). The van der Waals surface area contributed by atoms with Gasteiger partial charge in [0.2, 0.25) is 5.91 Å². The zero-order valence-electron chi connectivity index (χ0n) is 24.2. The molecule has 1 heterocycles. The first-order valence-electron chi connectivity index (χ1n) is 14.2. The molecule has 3 N–H and O–H groups in total. The van der Waals surface area contributed by atoms with Gasteiger partial charge in [-0.2, -0.15) is 5.10 Å². The molecule has 2 aromatic carbocycles. The Bertz CT molecular complexity index is 1290. The van der Waals surface area contributed by atoms with Crippen molar-refractivity contribution in [2.45, 2.75) is 91.0 Å². The maximum atomic E-state index is 13.4. The normalized spacial score (nSPS) is 15.8. The van der Waals surface area contributed by atoms with Gasteiger partial charge in [-0.05, 0) is 76.6 Å². The molecule has 0 bridgehead atoms. The minimum Gasteiger partial charge on any atom is -0.444 e. The Morgan fingerprint density at radius 3 is 2.30 bits per heavy atom. The van der Waals surface area contributed by atoms with Crippen molar-refractivity contribution < 1.29 is 19.4 Å². The fourth-order valence-electron chi connectivity index (χ4n) is 5.50. The van der Waals surface area contributed by atoms with Crippen LogP contribution in [0.1, 0.15) is 82.9 Å². The van der Waals surface area contributed by atoms with Crippen molar-refractivity contribution >= 4 is 17.7 Å². The predicted molar refractivity (Wildman–Crippen MR) is 157 cm³/mol. The lowest BCUT2D eigenvalue weighted by Crippen LogP contribution is -2.50. The molecule has 1 aliphatic rings. The number of benzene rings is 2. The van der Waals surface area contributed by atoms with Crippen LogP contribution in [0.4, 0.5) is 10.5 Å². The quantitative estimate of drug-likeness (QED) is 0.304. The van der Waals surface area contributed by atoms with Gasteiger partial charge in [0.05, 0.1) is 24.0 Å². The second-order valence-electron chi connectivity index (χ2n) is 11.8. The van der Waals surface area contributed by atoms with Gasteiger partial charge in [-0.25, -0.2) is 4.79 Å². The van der Waals surface area contributed by atoms with Crippen LogP contribution >= 0.6 is 0 Å². The Balaban J connectivity index is 1.53. The van der Waals surface area contributed by atoms with Crippen molar-refractivity contribution in [2.24, 2.45) is 5.92 Å². The van der Waals surface area contributed by atoms with Gasteiger partial charge in [-0.15, -0.1) is 0 Å². The highest BCUT2D eigenvalue weighted by Crippen LogP contribution is 2.33. The number of aryl methyl sites for hydroxylation is 1. The van der Waals surface area contributed by atoms with Crippen molar-refractivity contribution in [3.8, 4) is 11.1 Å². The highest BCUT2D eigenvalue weighted by Gasteiger charge is 2.32. The Kier molecular flexibility index (Phi) is 9.30. The van der Waals surface area contributed by atoms with Gasteiger partial charge >= 0.3 is 6.09 Å². The fourth-order valence-corrected chi connectivity index (χ4v) is 5.50. The summed E-state index contributed by atoms with van der Waals surface area (Å²) in [6.45, 7) is 9.66. The van der Waals surface area contributed by atoms with Crippen molar-refractivity contribution in [1.29, 1.82) is 0 Å². The number of hydrogen-bond donors (Lipinski definition) is 3. The van der Waals surface area contributed by atoms with Gasteiger partial charge in [0.25, 0.3) is 0 Å². The maximum Gasteiger partial charge on any atom is 0.408 e. The highest BCUT2D eigenvalue weighted by atomic mass is 16.6. The summed E-state index contributed by atoms with van der Waals surface area (Å²) in [5.41, 5.74) is 4.44. The van der Waals surface area contributed by atoms with E-state index < -0.39 is 23.8 Å². The third-order valence-electron chi connectivity index (χ3n) is 7.25. The summed E-state index contributed by atoms with van der Waals surface area (Å²) in [5, 5.41) is 21.2. The largest absolute Gasteiger partial charge is 0.444 e. The van der Waals surface area contributed by atoms with E-state index in [1.807, 2.05) is 66.2 Å². The van der Waals surface area contributed by atoms with Crippen molar-refractivity contribution in [1.82, 2.24) is 15.1 Å². The number of anilines is 1. The van der Waals surface area contributed by atoms with Gasteiger partial charge in [-0.3, -0.25) is 9.48 Å². The van der Waals surface area contributed by atoms with Crippen LogP contribution in [0.15, 0.2) is 54.6 Å². The highest BCUT2D eigenvalue weighted by molar-refractivity contribution is 5.97. The molecule has 2 atom stereocenters. The first-order chi connectivity index (χ1) is 19.0. The Labute approximate surface area is 237 Å². The molecule has 40 heavy (non-hydrogen) atoms. The molecule has 2 amide bonds. The Morgan fingerprint density at radius 2 is 1.70 bits per heavy atom. The average molecular weight is 547 g/mol. The van der Waals surface area contributed by atoms with E-state index in [2.05, 4.69) is 10.6 Å². The number of aromatic nitrogens is 2. The maximum absolute atomic E-state index is 13.4. The molecule has 1 fully saturated rings. The summed E-state index contributed by atoms with van der Waals surface area (Å²) in [4.78, 5) is 26.0. The summed E-state index contributed by atoms with van der Waals surface area (Å²) >= 11 is 0. The molecule has 1 aliphatic carbocycles. The third-order valence-corrected chi connectivity index (χ3v) is 7.25. The molecule has 0 saturated heterocycles. The van der Waals surface area contributed by atoms with E-state index in [9.17, 15) is 14.7 Å². The van der Waals surface area contributed by atoms with Crippen LogP contribution in [0, 0.1) is 12.8 Å². The number of nitrogens with one attached hydrogen (secondary N) is 2. The first kappa shape index (κ1) is 29.3. The fraction of sp³-hybridized carbons (Fsp3) is 0.469. The van der Waals surface area contributed by atoms with Crippen LogP contribution in [0.5, 0.6) is 0 Å². The van der Waals surface area contributed by atoms with Crippen molar-refractivity contribution in [2.75, 3.05) is 5.32 Å². The summed E-state index contributed by atoms with van der Waals surface area (Å²) in [6, 6.07) is 16.9. The van der Waals surface area contributed by atoms with Gasteiger partial charge in [0, 0.05) is 11.3 Å². The molecule has 1 saturated carbocycles. The molecule has 0 radical (unpaired) electrons. The van der Waals surface area contributed by atoms with E-state index in [4.69, 9.17) is 9.84 Å². The minimum absolute atomic E-state index is 0.0623. The SMILES string of the molecule is Cc1nn(Cc2ccccc2)c(C(C)O)c1-c1ccc(NC(=O)C(NC(=O)OC(C)(C)C)C2CCCCC2)cc1. The molecule has 0 spiro atoms. The lowest BCUT2D eigenvalue weighted by molar-refractivity contribution is -0.119. The molecule has 214 valence electrons. The summed E-state index contributed by atoms with van der Waals surface area (Å²) in [6.07, 6.45) is 3.72. The third kappa shape index (κ3) is 7.50. The Hall–Kier alpha value is -3.65. The van der Waals surface area contributed by atoms with Gasteiger partial charge in [0.15, 0.2) is 0 Å². The number of ether oxygens (including phenoxy) is 1. The molecule has 1 aromatic heterocycles. The van der Waals surface area contributed by atoms with Crippen LogP contribution in [0.2, 0.25) is 0 Å². The predicted octanol–water partition coefficient (Wildman–Crippen LogP) is 6.37. The number of rotatable bonds is 8. The van der Waals surface area contributed by atoms with Crippen LogP contribution in [-0.2, 0) is 16.1 Å². The number of amides is 2. The molecule has 8 heteroatoms. The molecule has 4 rings (SSSR count). The number of hydrogen-bond acceptors (Lipinski definition) is 5. The monoisotopic (exact) mass is 546 g/mol. The van der Waals surface area contributed by atoms with E-state index in [0.717, 1.165) is 60.2 Å². The van der Waals surface area contributed by atoms with Gasteiger partial charge < -0.3 is 20.5 Å². The smallest absolute Gasteiger partial charge is 0.408 e. The van der Waals surface area contributed by atoms with Crippen LogP contribution in [0.25, 0.3) is 11.1 Å². The molecule has 3 aromatic rings. The van der Waals surface area contributed by atoms with Gasteiger partial charge in [-0.1, -0.05) is 61.7 Å². The molecule has 8 nitrogen and oxygen atoms in total. The summed E-state index contributed by atoms with van der Waals surface area (Å²) in [5.74, 6) is -0.186. The molecular weight excluding hydrogens is 504 g/mol. The lowest BCUT2D eigenvalue weighted by atomic mass is 9.83. The number of aliphatic hydroxyl groups excluding tert-OH is 1.